The average molecular weight is 498 g/mol. The quantitative estimate of drug-likeness (QED) is 0.246. The minimum absolute atomic E-state index is 0.509. The molecule has 188 valence electrons. The van der Waals surface area contributed by atoms with Crippen LogP contribution in [-0.2, 0) is 0 Å². The largest absolute Gasteiger partial charge is 0.321 e. The molecule has 0 amide bonds. The fourth-order valence-corrected chi connectivity index (χ4v) is 6.19. The summed E-state index contributed by atoms with van der Waals surface area (Å²) in [5, 5.41) is 5.96. The molecule has 1 fully saturated rings. The van der Waals surface area contributed by atoms with E-state index in [9.17, 15) is 0 Å². The van der Waals surface area contributed by atoms with Crippen LogP contribution in [0, 0.1) is 13.8 Å². The lowest BCUT2D eigenvalue weighted by atomic mass is 9.94. The van der Waals surface area contributed by atoms with Gasteiger partial charge in [-0.15, -0.1) is 0 Å². The number of imidazole rings is 1. The van der Waals surface area contributed by atoms with Gasteiger partial charge in [-0.25, -0.2) is 14.6 Å². The van der Waals surface area contributed by atoms with Crippen LogP contribution < -0.4 is 0 Å². The van der Waals surface area contributed by atoms with Gasteiger partial charge in [0.2, 0.25) is 0 Å². The third-order valence-electron chi connectivity index (χ3n) is 8.03. The van der Waals surface area contributed by atoms with Crippen LogP contribution in [0.5, 0.6) is 0 Å². The van der Waals surface area contributed by atoms with E-state index in [0.29, 0.717) is 6.04 Å². The number of aromatic nitrogens is 5. The first-order valence-electron chi connectivity index (χ1n) is 13.7. The number of hydrogen-bond donors (Lipinski definition) is 0. The van der Waals surface area contributed by atoms with Crippen molar-refractivity contribution in [2.24, 2.45) is 0 Å². The van der Waals surface area contributed by atoms with Gasteiger partial charge < -0.3 is 4.57 Å². The number of fused-ring (bicyclic) bond motifs is 2. The van der Waals surface area contributed by atoms with Gasteiger partial charge in [0.15, 0.2) is 0 Å². The topological polar surface area (TPSA) is 48.5 Å². The Bertz CT molecular complexity index is 1770. The summed E-state index contributed by atoms with van der Waals surface area (Å²) in [5.41, 5.74) is 9.64. The zero-order valence-electron chi connectivity index (χ0n) is 21.9. The first kappa shape index (κ1) is 22.9. The number of para-hydroxylation sites is 3. The Balaban J connectivity index is 1.31. The van der Waals surface area contributed by atoms with Gasteiger partial charge in [0.05, 0.1) is 39.3 Å². The van der Waals surface area contributed by atoms with Crippen molar-refractivity contribution in [1.29, 1.82) is 0 Å². The van der Waals surface area contributed by atoms with Gasteiger partial charge in [-0.1, -0.05) is 55.7 Å². The maximum atomic E-state index is 5.12. The van der Waals surface area contributed by atoms with Crippen molar-refractivity contribution in [1.82, 2.24) is 24.3 Å². The van der Waals surface area contributed by atoms with Crippen molar-refractivity contribution in [3.05, 3.63) is 96.3 Å². The van der Waals surface area contributed by atoms with Crippen LogP contribution in [0.3, 0.4) is 0 Å². The van der Waals surface area contributed by atoms with Crippen LogP contribution in [0.25, 0.3) is 50.3 Å². The van der Waals surface area contributed by atoms with E-state index in [2.05, 4.69) is 85.1 Å². The number of nitrogens with zero attached hydrogens (tertiary/aromatic N) is 5. The van der Waals surface area contributed by atoms with E-state index in [4.69, 9.17) is 15.1 Å². The molecule has 3 heterocycles. The Morgan fingerprint density at radius 2 is 1.53 bits per heavy atom. The fraction of sp³-hybridized carbons (Fsp3) is 0.242. The molecule has 0 N–H and O–H groups in total. The number of hydrogen-bond acceptors (Lipinski definition) is 3. The standard InChI is InChI=1S/C33H31N5/c1-22-32(23(2)38(36-22)27-13-7-4-8-14-27)30-20-17-24-21-25(18-19-28(24)34-30)33-35-29-15-9-10-16-31(29)37(33)26-11-5-3-6-12-26/h4,7-10,13-21,26H,3,5-6,11-12H2,1-2H3. The Labute approximate surface area is 222 Å². The van der Waals surface area contributed by atoms with E-state index in [1.54, 1.807) is 0 Å². The van der Waals surface area contributed by atoms with Crippen molar-refractivity contribution < 1.29 is 0 Å². The Hall–Kier alpha value is -4.25. The van der Waals surface area contributed by atoms with E-state index in [1.807, 2.05) is 22.9 Å². The van der Waals surface area contributed by atoms with Crippen LogP contribution in [0.1, 0.15) is 49.5 Å². The maximum Gasteiger partial charge on any atom is 0.141 e. The molecule has 3 aromatic heterocycles. The van der Waals surface area contributed by atoms with E-state index in [1.165, 1.54) is 37.6 Å². The van der Waals surface area contributed by atoms with Crippen LogP contribution >= 0.6 is 0 Å². The van der Waals surface area contributed by atoms with Gasteiger partial charge in [0.25, 0.3) is 0 Å². The second-order valence-electron chi connectivity index (χ2n) is 10.5. The molecule has 5 heteroatoms. The average Bonchev–Trinajstić information content (AvgIpc) is 3.50. The number of rotatable bonds is 4. The Morgan fingerprint density at radius 1 is 0.737 bits per heavy atom. The minimum atomic E-state index is 0.509. The second kappa shape index (κ2) is 9.25. The van der Waals surface area contributed by atoms with Crippen molar-refractivity contribution >= 4 is 21.9 Å². The predicted octanol–water partition coefficient (Wildman–Crippen LogP) is 8.23. The molecule has 0 aliphatic heterocycles. The summed E-state index contributed by atoms with van der Waals surface area (Å²) >= 11 is 0. The second-order valence-corrected chi connectivity index (χ2v) is 10.5. The summed E-state index contributed by atoms with van der Waals surface area (Å²) in [5.74, 6) is 1.07. The summed E-state index contributed by atoms with van der Waals surface area (Å²) in [6.45, 7) is 4.18. The third-order valence-corrected chi connectivity index (χ3v) is 8.03. The number of pyridine rings is 1. The van der Waals surface area contributed by atoms with E-state index >= 15 is 0 Å². The lowest BCUT2D eigenvalue weighted by Crippen LogP contribution is -2.13. The highest BCUT2D eigenvalue weighted by molar-refractivity contribution is 5.88. The molecule has 0 radical (unpaired) electrons. The van der Waals surface area contributed by atoms with Crippen molar-refractivity contribution in [2.75, 3.05) is 0 Å². The predicted molar refractivity (Wildman–Crippen MR) is 155 cm³/mol. The monoisotopic (exact) mass is 497 g/mol. The molecule has 0 bridgehead atoms. The molecule has 0 spiro atoms. The number of benzene rings is 3. The highest BCUT2D eigenvalue weighted by Crippen LogP contribution is 2.37. The normalized spacial score (nSPS) is 14.5. The zero-order chi connectivity index (χ0) is 25.6. The summed E-state index contributed by atoms with van der Waals surface area (Å²) in [7, 11) is 0. The van der Waals surface area contributed by atoms with Crippen molar-refractivity contribution in [3.63, 3.8) is 0 Å². The molecule has 5 nitrogen and oxygen atoms in total. The summed E-state index contributed by atoms with van der Waals surface area (Å²) in [4.78, 5) is 10.2. The van der Waals surface area contributed by atoms with Gasteiger partial charge in [0, 0.05) is 22.6 Å². The van der Waals surface area contributed by atoms with Crippen molar-refractivity contribution in [3.8, 4) is 28.3 Å². The van der Waals surface area contributed by atoms with E-state index < -0.39 is 0 Å². The SMILES string of the molecule is Cc1nn(-c2ccccc2)c(C)c1-c1ccc2cc(-c3nc4ccccc4n3C3CCCCC3)ccc2n1. The van der Waals surface area contributed by atoms with Gasteiger partial charge in [-0.2, -0.15) is 5.10 Å². The van der Waals surface area contributed by atoms with Gasteiger partial charge in [-0.05, 0) is 75.2 Å². The molecule has 6 aromatic rings. The molecule has 0 atom stereocenters. The zero-order valence-corrected chi connectivity index (χ0v) is 21.9. The van der Waals surface area contributed by atoms with E-state index in [0.717, 1.165) is 56.1 Å². The van der Waals surface area contributed by atoms with Crippen molar-refractivity contribution in [2.45, 2.75) is 52.0 Å². The molecule has 7 rings (SSSR count). The molecular formula is C33H31N5. The summed E-state index contributed by atoms with van der Waals surface area (Å²) in [6.07, 6.45) is 6.37. The highest BCUT2D eigenvalue weighted by atomic mass is 15.3. The molecule has 38 heavy (non-hydrogen) atoms. The molecule has 0 saturated heterocycles. The molecule has 1 aliphatic carbocycles. The van der Waals surface area contributed by atoms with Gasteiger partial charge >= 0.3 is 0 Å². The molecule has 1 saturated carbocycles. The van der Waals surface area contributed by atoms with Gasteiger partial charge in [-0.3, -0.25) is 0 Å². The highest BCUT2D eigenvalue weighted by Gasteiger charge is 2.22. The Morgan fingerprint density at radius 3 is 2.37 bits per heavy atom. The molecule has 1 aliphatic rings. The van der Waals surface area contributed by atoms with Crippen LogP contribution in [-0.4, -0.2) is 24.3 Å². The Kier molecular flexibility index (Phi) is 5.58. The first-order valence-corrected chi connectivity index (χ1v) is 13.7. The molecular weight excluding hydrogens is 466 g/mol. The molecule has 3 aromatic carbocycles. The fourth-order valence-electron chi connectivity index (χ4n) is 6.19. The summed E-state index contributed by atoms with van der Waals surface area (Å²) in [6, 6.07) is 30.2. The van der Waals surface area contributed by atoms with Crippen LogP contribution in [0.15, 0.2) is 84.9 Å². The third kappa shape index (κ3) is 3.81. The summed E-state index contributed by atoms with van der Waals surface area (Å²) < 4.78 is 4.51. The van der Waals surface area contributed by atoms with Crippen LogP contribution in [0.2, 0.25) is 0 Å². The minimum Gasteiger partial charge on any atom is -0.321 e. The first-order chi connectivity index (χ1) is 18.7. The molecule has 0 unspecified atom stereocenters. The smallest absolute Gasteiger partial charge is 0.141 e. The lowest BCUT2D eigenvalue weighted by molar-refractivity contribution is 0.362. The maximum absolute atomic E-state index is 5.12. The van der Waals surface area contributed by atoms with E-state index in [-0.39, 0.29) is 0 Å². The number of aryl methyl sites for hydroxylation is 1. The van der Waals surface area contributed by atoms with Crippen LogP contribution in [0.4, 0.5) is 0 Å². The lowest BCUT2D eigenvalue weighted by Gasteiger charge is -2.25. The van der Waals surface area contributed by atoms with Gasteiger partial charge in [0.1, 0.15) is 5.82 Å².